The van der Waals surface area contributed by atoms with E-state index in [2.05, 4.69) is 0 Å². The Morgan fingerprint density at radius 2 is 2.13 bits per heavy atom. The van der Waals surface area contributed by atoms with Gasteiger partial charge in [-0.05, 0) is 36.6 Å². The molecule has 3 N–H and O–H groups in total. The van der Waals surface area contributed by atoms with Crippen molar-refractivity contribution in [3.63, 3.8) is 0 Å². The highest BCUT2D eigenvalue weighted by Gasteiger charge is 2.16. The van der Waals surface area contributed by atoms with Gasteiger partial charge in [0, 0.05) is 0 Å². The van der Waals surface area contributed by atoms with Gasteiger partial charge in [0.15, 0.2) is 0 Å². The van der Waals surface area contributed by atoms with Crippen molar-refractivity contribution in [2.45, 2.75) is 19.9 Å². The molecule has 15 heavy (non-hydrogen) atoms. The highest BCUT2D eigenvalue weighted by Crippen LogP contribution is 2.34. The fourth-order valence-corrected chi connectivity index (χ4v) is 1.98. The third-order valence-electron chi connectivity index (χ3n) is 2.51. The molecule has 0 saturated carbocycles. The summed E-state index contributed by atoms with van der Waals surface area (Å²) in [4.78, 5) is 0. The lowest BCUT2D eigenvalue weighted by Crippen LogP contribution is -2.17. The normalized spacial score (nSPS) is 12.7. The largest absolute Gasteiger partial charge is 0.495 e. The average molecular weight is 230 g/mol. The van der Waals surface area contributed by atoms with E-state index in [1.54, 1.807) is 7.11 Å². The van der Waals surface area contributed by atoms with Crippen LogP contribution in [0.2, 0.25) is 5.02 Å². The van der Waals surface area contributed by atoms with Crippen molar-refractivity contribution in [2.24, 2.45) is 5.73 Å². The van der Waals surface area contributed by atoms with Crippen molar-refractivity contribution in [1.82, 2.24) is 0 Å². The fourth-order valence-electron chi connectivity index (χ4n) is 1.75. The highest BCUT2D eigenvalue weighted by molar-refractivity contribution is 6.33. The lowest BCUT2D eigenvalue weighted by atomic mass is 9.96. The topological polar surface area (TPSA) is 55.5 Å². The predicted molar refractivity (Wildman–Crippen MR) is 61.5 cm³/mol. The molecule has 0 aliphatic heterocycles. The van der Waals surface area contributed by atoms with Crippen LogP contribution in [-0.2, 0) is 0 Å². The van der Waals surface area contributed by atoms with Crippen molar-refractivity contribution in [3.8, 4) is 5.75 Å². The van der Waals surface area contributed by atoms with Gasteiger partial charge in [-0.25, -0.2) is 0 Å². The summed E-state index contributed by atoms with van der Waals surface area (Å²) in [6.45, 7) is 3.71. The molecule has 0 heterocycles. The molecule has 0 aliphatic rings. The Kier molecular flexibility index (Phi) is 3.97. The van der Waals surface area contributed by atoms with Gasteiger partial charge in [-0.3, -0.25) is 0 Å². The minimum absolute atomic E-state index is 0.0929. The number of nitrogens with two attached hydrogens (primary N) is 1. The molecule has 0 amide bonds. The summed E-state index contributed by atoms with van der Waals surface area (Å²) in [6.07, 6.45) is 0. The molecule has 0 spiro atoms. The first-order chi connectivity index (χ1) is 7.02. The van der Waals surface area contributed by atoms with Crippen molar-refractivity contribution < 1.29 is 9.84 Å². The number of aliphatic hydroxyl groups is 1. The van der Waals surface area contributed by atoms with Crippen LogP contribution in [0, 0.1) is 13.8 Å². The van der Waals surface area contributed by atoms with Crippen LogP contribution in [0.4, 0.5) is 0 Å². The number of aryl methyl sites for hydroxylation is 1. The molecule has 4 heteroatoms. The van der Waals surface area contributed by atoms with Gasteiger partial charge in [0.05, 0.1) is 24.8 Å². The number of hydrogen-bond acceptors (Lipinski definition) is 3. The SMILES string of the molecule is COc1cc(C)c(C(N)CO)c(C)c1Cl. The molecule has 0 radical (unpaired) electrons. The molecule has 3 nitrogen and oxygen atoms in total. The van der Waals surface area contributed by atoms with Crippen LogP contribution < -0.4 is 10.5 Å². The van der Waals surface area contributed by atoms with E-state index in [1.807, 2.05) is 19.9 Å². The number of ether oxygens (including phenoxy) is 1. The summed E-state index contributed by atoms with van der Waals surface area (Å²) in [7, 11) is 1.58. The molecule has 0 saturated heterocycles. The van der Waals surface area contributed by atoms with Crippen LogP contribution in [0.1, 0.15) is 22.7 Å². The Hall–Kier alpha value is -0.770. The maximum Gasteiger partial charge on any atom is 0.138 e. The van der Waals surface area contributed by atoms with E-state index in [-0.39, 0.29) is 6.61 Å². The zero-order valence-corrected chi connectivity index (χ0v) is 9.93. The van der Waals surface area contributed by atoms with E-state index in [9.17, 15) is 0 Å². The molecule has 1 aromatic carbocycles. The molecular weight excluding hydrogens is 214 g/mol. The van der Waals surface area contributed by atoms with Crippen LogP contribution in [-0.4, -0.2) is 18.8 Å². The first kappa shape index (κ1) is 12.3. The van der Waals surface area contributed by atoms with Gasteiger partial charge in [0.1, 0.15) is 5.75 Å². The van der Waals surface area contributed by atoms with Crippen molar-refractivity contribution >= 4 is 11.6 Å². The lowest BCUT2D eigenvalue weighted by Gasteiger charge is -2.18. The molecule has 0 fully saturated rings. The maximum atomic E-state index is 9.06. The first-order valence-corrected chi connectivity index (χ1v) is 5.10. The number of rotatable bonds is 3. The summed E-state index contributed by atoms with van der Waals surface area (Å²) in [6, 6.07) is 1.44. The zero-order valence-electron chi connectivity index (χ0n) is 9.17. The third-order valence-corrected chi connectivity index (χ3v) is 2.98. The van der Waals surface area contributed by atoms with Crippen LogP contribution in [0.3, 0.4) is 0 Å². The molecule has 0 aromatic heterocycles. The van der Waals surface area contributed by atoms with Gasteiger partial charge in [0.2, 0.25) is 0 Å². The summed E-state index contributed by atoms with van der Waals surface area (Å²) in [5.41, 5.74) is 8.55. The highest BCUT2D eigenvalue weighted by atomic mass is 35.5. The van der Waals surface area contributed by atoms with E-state index in [4.69, 9.17) is 27.2 Å². The number of halogens is 1. The van der Waals surface area contributed by atoms with Gasteiger partial charge in [-0.2, -0.15) is 0 Å². The van der Waals surface area contributed by atoms with Crippen molar-refractivity contribution in [3.05, 3.63) is 27.8 Å². The molecule has 1 atom stereocenters. The molecule has 84 valence electrons. The van der Waals surface area contributed by atoms with Gasteiger partial charge in [-0.1, -0.05) is 11.6 Å². The van der Waals surface area contributed by atoms with Gasteiger partial charge < -0.3 is 15.6 Å². The number of benzene rings is 1. The van der Waals surface area contributed by atoms with Crippen LogP contribution in [0.25, 0.3) is 0 Å². The Morgan fingerprint density at radius 3 is 2.60 bits per heavy atom. The van der Waals surface area contributed by atoms with Gasteiger partial charge in [0.25, 0.3) is 0 Å². The van der Waals surface area contributed by atoms with Gasteiger partial charge in [-0.15, -0.1) is 0 Å². The van der Waals surface area contributed by atoms with E-state index in [0.717, 1.165) is 16.7 Å². The molecule has 0 bridgehead atoms. The van der Waals surface area contributed by atoms with Crippen LogP contribution in [0.15, 0.2) is 6.07 Å². The Morgan fingerprint density at radius 1 is 1.53 bits per heavy atom. The molecule has 1 unspecified atom stereocenters. The number of methoxy groups -OCH3 is 1. The van der Waals surface area contributed by atoms with E-state index in [1.165, 1.54) is 0 Å². The minimum atomic E-state index is -0.395. The average Bonchev–Trinajstić information content (AvgIpc) is 2.23. The van der Waals surface area contributed by atoms with Crippen LogP contribution in [0.5, 0.6) is 5.75 Å². The summed E-state index contributed by atoms with van der Waals surface area (Å²) < 4.78 is 5.14. The first-order valence-electron chi connectivity index (χ1n) is 4.73. The van der Waals surface area contributed by atoms with E-state index >= 15 is 0 Å². The second-order valence-electron chi connectivity index (χ2n) is 3.54. The molecule has 1 rings (SSSR count). The smallest absolute Gasteiger partial charge is 0.138 e. The minimum Gasteiger partial charge on any atom is -0.495 e. The maximum absolute atomic E-state index is 9.06. The third kappa shape index (κ3) is 2.25. The predicted octanol–water partition coefficient (Wildman–Crippen LogP) is 1.96. The Balaban J connectivity index is 3.35. The van der Waals surface area contributed by atoms with E-state index < -0.39 is 6.04 Å². The summed E-state index contributed by atoms with van der Waals surface area (Å²) >= 11 is 6.11. The van der Waals surface area contributed by atoms with E-state index in [0.29, 0.717) is 10.8 Å². The van der Waals surface area contributed by atoms with Crippen molar-refractivity contribution in [2.75, 3.05) is 13.7 Å². The number of hydrogen-bond donors (Lipinski definition) is 2. The summed E-state index contributed by atoms with van der Waals surface area (Å²) in [5.74, 6) is 0.639. The van der Waals surface area contributed by atoms with Gasteiger partial charge >= 0.3 is 0 Å². The standard InChI is InChI=1S/C11H16ClNO2/c1-6-4-9(15-3)11(12)7(2)10(6)8(13)5-14/h4,8,14H,5,13H2,1-3H3. The molecule has 1 aromatic rings. The number of aliphatic hydroxyl groups excluding tert-OH is 1. The van der Waals surface area contributed by atoms with Crippen LogP contribution >= 0.6 is 11.6 Å². The summed E-state index contributed by atoms with van der Waals surface area (Å²) in [5, 5.41) is 9.61. The Bertz CT molecular complexity index is 366. The molecule has 0 aliphatic carbocycles. The Labute approximate surface area is 94.8 Å². The second-order valence-corrected chi connectivity index (χ2v) is 3.92. The fraction of sp³-hybridized carbons (Fsp3) is 0.455. The second kappa shape index (κ2) is 4.84. The lowest BCUT2D eigenvalue weighted by molar-refractivity contribution is 0.267. The van der Waals surface area contributed by atoms with Crippen molar-refractivity contribution in [1.29, 1.82) is 0 Å². The zero-order chi connectivity index (χ0) is 11.6. The molecular formula is C11H16ClNO2. The monoisotopic (exact) mass is 229 g/mol. The quantitative estimate of drug-likeness (QED) is 0.833.